The van der Waals surface area contributed by atoms with Gasteiger partial charge >= 0.3 is 0 Å². The molecule has 0 saturated heterocycles. The van der Waals surface area contributed by atoms with Crippen LogP contribution in [0.2, 0.25) is 5.02 Å². The van der Waals surface area contributed by atoms with E-state index in [-0.39, 0.29) is 17.4 Å². The molecule has 0 aliphatic rings. The number of benzene rings is 3. The van der Waals surface area contributed by atoms with Gasteiger partial charge in [0, 0.05) is 16.3 Å². The van der Waals surface area contributed by atoms with Crippen LogP contribution in [0, 0.1) is 0 Å². The molecule has 8 nitrogen and oxygen atoms in total. The van der Waals surface area contributed by atoms with E-state index in [1.807, 2.05) is 47.0 Å². The molecule has 172 valence electrons. The highest BCUT2D eigenvalue weighted by molar-refractivity contribution is 7.99. The molecule has 0 bridgehead atoms. The molecule has 0 spiro atoms. The Kier molecular flexibility index (Phi) is 7.46. The number of carbonyl (C=O) groups excluding carboxylic acids is 1. The van der Waals surface area contributed by atoms with E-state index < -0.39 is 0 Å². The Morgan fingerprint density at radius 3 is 2.65 bits per heavy atom. The first-order valence-corrected chi connectivity index (χ1v) is 11.5. The smallest absolute Gasteiger partial charge is 0.250 e. The van der Waals surface area contributed by atoms with Gasteiger partial charge in [0.25, 0.3) is 5.91 Å². The van der Waals surface area contributed by atoms with Crippen molar-refractivity contribution in [1.29, 1.82) is 0 Å². The molecule has 0 fully saturated rings. The second-order valence-electron chi connectivity index (χ2n) is 7.00. The number of hydrogen-bond acceptors (Lipinski definition) is 7. The molecule has 1 amide bonds. The summed E-state index contributed by atoms with van der Waals surface area (Å²) < 4.78 is 6.96. The number of methoxy groups -OCH3 is 1. The zero-order valence-corrected chi connectivity index (χ0v) is 19.6. The lowest BCUT2D eigenvalue weighted by molar-refractivity contribution is -0.118. The first-order chi connectivity index (χ1) is 16.5. The number of hydrazone groups is 1. The van der Waals surface area contributed by atoms with Gasteiger partial charge in [-0.05, 0) is 60.2 Å². The molecule has 0 aliphatic carbocycles. The predicted molar refractivity (Wildman–Crippen MR) is 133 cm³/mol. The molecule has 3 aromatic carbocycles. The number of nitrogens with zero attached hydrogens (tertiary/aromatic N) is 4. The number of nitrogens with one attached hydrogen (secondary N) is 1. The van der Waals surface area contributed by atoms with Crippen LogP contribution in [0.4, 0.5) is 0 Å². The second-order valence-corrected chi connectivity index (χ2v) is 8.38. The van der Waals surface area contributed by atoms with Gasteiger partial charge in [0.15, 0.2) is 22.5 Å². The minimum atomic E-state index is -0.303. The molecule has 1 heterocycles. The fraction of sp³-hybridized carbons (Fsp3) is 0.0833. The van der Waals surface area contributed by atoms with Gasteiger partial charge in [0.2, 0.25) is 0 Å². The number of hydrogen-bond donors (Lipinski definition) is 2. The maximum Gasteiger partial charge on any atom is 0.250 e. The van der Waals surface area contributed by atoms with Gasteiger partial charge in [0.05, 0.1) is 19.1 Å². The lowest BCUT2D eigenvalue weighted by Crippen LogP contribution is -2.20. The number of phenols is 1. The Morgan fingerprint density at radius 2 is 1.91 bits per heavy atom. The largest absolute Gasteiger partial charge is 0.504 e. The highest BCUT2D eigenvalue weighted by atomic mass is 35.5. The van der Waals surface area contributed by atoms with Gasteiger partial charge in [-0.25, -0.2) is 5.43 Å². The molecule has 2 N–H and O–H groups in total. The first kappa shape index (κ1) is 23.3. The average molecular weight is 494 g/mol. The van der Waals surface area contributed by atoms with Crippen LogP contribution < -0.4 is 10.2 Å². The number of halogens is 1. The summed E-state index contributed by atoms with van der Waals surface area (Å²) in [5.74, 6) is 0.776. The molecule has 0 radical (unpaired) electrons. The van der Waals surface area contributed by atoms with Gasteiger partial charge < -0.3 is 9.84 Å². The van der Waals surface area contributed by atoms with Crippen LogP contribution >= 0.6 is 23.4 Å². The second kappa shape index (κ2) is 10.9. The van der Waals surface area contributed by atoms with Gasteiger partial charge in [-0.1, -0.05) is 41.6 Å². The topological polar surface area (TPSA) is 102 Å². The van der Waals surface area contributed by atoms with Crippen molar-refractivity contribution in [2.24, 2.45) is 5.10 Å². The van der Waals surface area contributed by atoms with E-state index >= 15 is 0 Å². The summed E-state index contributed by atoms with van der Waals surface area (Å²) in [6.07, 6.45) is 1.47. The van der Waals surface area contributed by atoms with Gasteiger partial charge in [-0.3, -0.25) is 9.36 Å². The average Bonchev–Trinajstić information content (AvgIpc) is 3.28. The molecule has 0 aliphatic heterocycles. The minimum absolute atomic E-state index is 0.0283. The number of rotatable bonds is 8. The van der Waals surface area contributed by atoms with Crippen molar-refractivity contribution >= 4 is 35.5 Å². The monoisotopic (exact) mass is 493 g/mol. The van der Waals surface area contributed by atoms with E-state index in [9.17, 15) is 9.90 Å². The fourth-order valence-electron chi connectivity index (χ4n) is 3.07. The van der Waals surface area contributed by atoms with Crippen LogP contribution in [0.15, 0.2) is 83.1 Å². The molecule has 4 aromatic rings. The maximum atomic E-state index is 12.4. The van der Waals surface area contributed by atoms with E-state index in [4.69, 9.17) is 16.3 Å². The molecule has 4 rings (SSSR count). The highest BCUT2D eigenvalue weighted by Gasteiger charge is 2.17. The number of thioether (sulfide) groups is 1. The molecule has 1 aromatic heterocycles. The number of ether oxygens (including phenoxy) is 1. The van der Waals surface area contributed by atoms with Gasteiger partial charge in [0.1, 0.15) is 0 Å². The molecule has 0 saturated carbocycles. The van der Waals surface area contributed by atoms with Crippen LogP contribution in [0.25, 0.3) is 17.1 Å². The summed E-state index contributed by atoms with van der Waals surface area (Å²) in [6.45, 7) is 0. The van der Waals surface area contributed by atoms with Crippen molar-refractivity contribution in [3.8, 4) is 28.6 Å². The van der Waals surface area contributed by atoms with Crippen LogP contribution in [0.5, 0.6) is 11.5 Å². The van der Waals surface area contributed by atoms with E-state index in [0.717, 1.165) is 11.3 Å². The summed E-state index contributed by atoms with van der Waals surface area (Å²) >= 11 is 7.28. The van der Waals surface area contributed by atoms with Gasteiger partial charge in [-0.15, -0.1) is 10.2 Å². The highest BCUT2D eigenvalue weighted by Crippen LogP contribution is 2.29. The van der Waals surface area contributed by atoms with Crippen LogP contribution in [0.1, 0.15) is 5.56 Å². The normalized spacial score (nSPS) is 11.0. The molecule has 10 heteroatoms. The van der Waals surface area contributed by atoms with E-state index in [1.54, 1.807) is 24.3 Å². The molecule has 34 heavy (non-hydrogen) atoms. The first-order valence-electron chi connectivity index (χ1n) is 10.1. The summed E-state index contributed by atoms with van der Waals surface area (Å²) in [5, 5.41) is 23.5. The third-order valence-electron chi connectivity index (χ3n) is 4.69. The Hall–Kier alpha value is -3.82. The number of phenolic OH excluding ortho intramolecular Hbond substituents is 1. The Morgan fingerprint density at radius 1 is 1.15 bits per heavy atom. The maximum absolute atomic E-state index is 12.4. The fourth-order valence-corrected chi connectivity index (χ4v) is 3.95. The van der Waals surface area contributed by atoms with E-state index in [2.05, 4.69) is 20.7 Å². The Labute approximate surface area is 205 Å². The van der Waals surface area contributed by atoms with E-state index in [0.29, 0.717) is 27.3 Å². The number of amides is 1. The third-order valence-corrected chi connectivity index (χ3v) is 5.87. The van der Waals surface area contributed by atoms with Crippen LogP contribution in [-0.2, 0) is 4.79 Å². The Bertz CT molecular complexity index is 1310. The minimum Gasteiger partial charge on any atom is -0.504 e. The SMILES string of the molecule is COc1cc(/C=N/NC(=O)CSc2nnc(-c3ccc(Cl)cc3)n2-c2ccccc2)ccc1O. The number of para-hydroxylation sites is 1. The standard InChI is InChI=1S/C24H20ClN5O3S/c1-33-21-13-16(7-12-20(21)31)14-26-27-22(32)15-34-24-29-28-23(17-8-10-18(25)11-9-17)30(24)19-5-3-2-4-6-19/h2-14,31H,15H2,1H3,(H,27,32)/b26-14+. The zero-order valence-electron chi connectivity index (χ0n) is 18.1. The summed E-state index contributed by atoms with van der Waals surface area (Å²) in [4.78, 5) is 12.4. The number of aromatic nitrogens is 3. The quantitative estimate of drug-likeness (QED) is 0.212. The van der Waals surface area contributed by atoms with Crippen molar-refractivity contribution in [2.75, 3.05) is 12.9 Å². The van der Waals surface area contributed by atoms with Crippen molar-refractivity contribution in [3.63, 3.8) is 0 Å². The summed E-state index contributed by atoms with van der Waals surface area (Å²) in [5.41, 5.74) is 4.88. The lowest BCUT2D eigenvalue weighted by Gasteiger charge is -2.10. The summed E-state index contributed by atoms with van der Waals surface area (Å²) in [6, 6.07) is 21.8. The van der Waals surface area contributed by atoms with E-state index in [1.165, 1.54) is 31.2 Å². The zero-order chi connectivity index (χ0) is 23.9. The van der Waals surface area contributed by atoms with Crippen LogP contribution in [-0.4, -0.2) is 44.9 Å². The van der Waals surface area contributed by atoms with Crippen LogP contribution in [0.3, 0.4) is 0 Å². The predicted octanol–water partition coefficient (Wildman–Crippen LogP) is 4.54. The number of aromatic hydroxyl groups is 1. The molecular formula is C24H20ClN5O3S. The summed E-state index contributed by atoms with van der Waals surface area (Å²) in [7, 11) is 1.46. The number of carbonyl (C=O) groups is 1. The van der Waals surface area contributed by atoms with Crippen molar-refractivity contribution in [3.05, 3.63) is 83.4 Å². The third kappa shape index (κ3) is 5.56. The lowest BCUT2D eigenvalue weighted by atomic mass is 10.2. The molecular weight excluding hydrogens is 474 g/mol. The van der Waals surface area contributed by atoms with Crippen molar-refractivity contribution in [2.45, 2.75) is 5.16 Å². The molecule has 0 atom stereocenters. The van der Waals surface area contributed by atoms with Crippen molar-refractivity contribution in [1.82, 2.24) is 20.2 Å². The Balaban J connectivity index is 1.47. The van der Waals surface area contributed by atoms with Crippen molar-refractivity contribution < 1.29 is 14.6 Å². The van der Waals surface area contributed by atoms with Gasteiger partial charge in [-0.2, -0.15) is 5.10 Å². The molecule has 0 unspecified atom stereocenters.